The normalized spacial score (nSPS) is 26.4. The molecule has 0 bridgehead atoms. The van der Waals surface area contributed by atoms with Gasteiger partial charge in [-0.2, -0.15) is 0 Å². The van der Waals surface area contributed by atoms with Crippen LogP contribution < -0.4 is 9.80 Å². The molecule has 0 spiro atoms. The molecule has 1 aromatic carbocycles. The van der Waals surface area contributed by atoms with E-state index in [1.54, 1.807) is 11.9 Å². The molecule has 1 fully saturated rings. The van der Waals surface area contributed by atoms with Gasteiger partial charge in [0.2, 0.25) is 0 Å². The molecule has 2 heterocycles. The van der Waals surface area contributed by atoms with Crippen molar-refractivity contribution >= 4 is 17.3 Å². The number of piperazine rings is 1. The highest BCUT2D eigenvalue weighted by Gasteiger charge is 2.34. The summed E-state index contributed by atoms with van der Waals surface area (Å²) in [5, 5.41) is 9.92. The van der Waals surface area contributed by atoms with Gasteiger partial charge in [-0.15, -0.1) is 0 Å². The molecule has 2 unspecified atom stereocenters. The van der Waals surface area contributed by atoms with Gasteiger partial charge in [-0.25, -0.2) is 0 Å². The number of aliphatic hydroxyl groups is 1. The predicted molar refractivity (Wildman–Crippen MR) is 83.7 cm³/mol. The molecule has 1 aromatic rings. The lowest BCUT2D eigenvalue weighted by molar-refractivity contribution is -0.125. The number of rotatable bonds is 2. The first-order chi connectivity index (χ1) is 10.0. The Morgan fingerprint density at radius 3 is 2.76 bits per heavy atom. The van der Waals surface area contributed by atoms with Crippen LogP contribution in [0.4, 0.5) is 11.4 Å². The zero-order chi connectivity index (χ0) is 15.1. The van der Waals surface area contributed by atoms with Crippen LogP contribution in [0.5, 0.6) is 0 Å². The van der Waals surface area contributed by atoms with Gasteiger partial charge in [-0.3, -0.25) is 9.69 Å². The quantitative estimate of drug-likeness (QED) is 0.889. The highest BCUT2D eigenvalue weighted by atomic mass is 16.3. The van der Waals surface area contributed by atoms with E-state index in [0.717, 1.165) is 37.4 Å². The fraction of sp³-hybridized carbons (Fsp3) is 0.562. The zero-order valence-corrected chi connectivity index (χ0v) is 12.9. The molecule has 1 N–H and O–H groups in total. The minimum atomic E-state index is -1.00. The Labute approximate surface area is 125 Å². The van der Waals surface area contributed by atoms with Crippen LogP contribution in [0, 0.1) is 0 Å². The van der Waals surface area contributed by atoms with Crippen LogP contribution in [0.1, 0.15) is 25.0 Å². The molecule has 1 saturated heterocycles. The third-order valence-corrected chi connectivity index (χ3v) is 4.85. The highest BCUT2D eigenvalue weighted by Crippen LogP contribution is 2.37. The number of amides is 1. The minimum Gasteiger partial charge on any atom is -0.378 e. The molecule has 2 aliphatic heterocycles. The molecule has 0 radical (unpaired) electrons. The van der Waals surface area contributed by atoms with E-state index >= 15 is 0 Å². The van der Waals surface area contributed by atoms with Crippen molar-refractivity contribution in [3.63, 3.8) is 0 Å². The van der Waals surface area contributed by atoms with Crippen LogP contribution in [-0.4, -0.2) is 55.7 Å². The smallest absolute Gasteiger partial charge is 0.260 e. The lowest BCUT2D eigenvalue weighted by Crippen LogP contribution is -2.51. The Bertz CT molecular complexity index is 560. The van der Waals surface area contributed by atoms with Gasteiger partial charge in [0.25, 0.3) is 5.91 Å². The Balaban J connectivity index is 1.87. The lowest BCUT2D eigenvalue weighted by Gasteiger charge is -2.40. The van der Waals surface area contributed by atoms with Crippen LogP contribution >= 0.6 is 0 Å². The second-order valence-corrected chi connectivity index (χ2v) is 6.03. The molecule has 114 valence electrons. The van der Waals surface area contributed by atoms with Crippen LogP contribution in [-0.2, 0) is 4.79 Å². The maximum Gasteiger partial charge on any atom is 0.260 e. The number of hydrogen-bond acceptors (Lipinski definition) is 4. The van der Waals surface area contributed by atoms with Crippen molar-refractivity contribution < 1.29 is 9.90 Å². The monoisotopic (exact) mass is 289 g/mol. The van der Waals surface area contributed by atoms with Gasteiger partial charge in [-0.05, 0) is 25.6 Å². The van der Waals surface area contributed by atoms with Crippen molar-refractivity contribution in [2.45, 2.75) is 25.5 Å². The molecule has 0 aromatic heterocycles. The maximum absolute atomic E-state index is 11.8. The number of likely N-dealkylation sites (N-methyl/N-ethyl adjacent to an activating group) is 2. The molecule has 0 saturated carbocycles. The van der Waals surface area contributed by atoms with Crippen LogP contribution in [0.2, 0.25) is 0 Å². The Morgan fingerprint density at radius 1 is 1.29 bits per heavy atom. The van der Waals surface area contributed by atoms with Crippen molar-refractivity contribution in [1.29, 1.82) is 0 Å². The van der Waals surface area contributed by atoms with E-state index in [4.69, 9.17) is 0 Å². The van der Waals surface area contributed by atoms with E-state index in [9.17, 15) is 9.90 Å². The average Bonchev–Trinajstić information content (AvgIpc) is 2.72. The van der Waals surface area contributed by atoms with Gasteiger partial charge in [0.05, 0.1) is 5.69 Å². The summed E-state index contributed by atoms with van der Waals surface area (Å²) in [4.78, 5) is 18.2. The molecule has 0 aliphatic carbocycles. The average molecular weight is 289 g/mol. The molecule has 5 heteroatoms. The fourth-order valence-electron chi connectivity index (χ4n) is 3.31. The maximum atomic E-state index is 11.8. The number of aliphatic hydroxyl groups excluding tert-OH is 1. The van der Waals surface area contributed by atoms with Crippen molar-refractivity contribution in [2.75, 3.05) is 43.5 Å². The first kappa shape index (κ1) is 14.4. The molecular formula is C16H23N3O2. The van der Waals surface area contributed by atoms with E-state index in [1.165, 1.54) is 0 Å². The highest BCUT2D eigenvalue weighted by molar-refractivity contribution is 6.03. The van der Waals surface area contributed by atoms with Gasteiger partial charge in [0.1, 0.15) is 0 Å². The number of anilines is 2. The van der Waals surface area contributed by atoms with E-state index in [1.807, 2.05) is 18.2 Å². The molecule has 5 nitrogen and oxygen atoms in total. The Morgan fingerprint density at radius 2 is 2.05 bits per heavy atom. The summed E-state index contributed by atoms with van der Waals surface area (Å²) in [5.74, 6) is -0.244. The summed E-state index contributed by atoms with van der Waals surface area (Å²) >= 11 is 0. The van der Waals surface area contributed by atoms with Crippen molar-refractivity contribution in [2.24, 2.45) is 0 Å². The molecule has 2 aliphatic rings. The lowest BCUT2D eigenvalue weighted by atomic mass is 10.1. The molecule has 21 heavy (non-hydrogen) atoms. The van der Waals surface area contributed by atoms with Crippen LogP contribution in [0.15, 0.2) is 18.2 Å². The molecule has 1 amide bonds. The van der Waals surface area contributed by atoms with Crippen LogP contribution in [0.3, 0.4) is 0 Å². The van der Waals surface area contributed by atoms with Crippen molar-refractivity contribution in [3.05, 3.63) is 23.8 Å². The second-order valence-electron chi connectivity index (χ2n) is 6.03. The number of hydrogen-bond donors (Lipinski definition) is 1. The topological polar surface area (TPSA) is 47.0 Å². The van der Waals surface area contributed by atoms with Gasteiger partial charge in [0, 0.05) is 44.0 Å². The number of carbonyl (C=O) groups is 1. The van der Waals surface area contributed by atoms with E-state index in [0.29, 0.717) is 11.6 Å². The Kier molecular flexibility index (Phi) is 3.63. The van der Waals surface area contributed by atoms with Crippen LogP contribution in [0.25, 0.3) is 0 Å². The largest absolute Gasteiger partial charge is 0.378 e. The van der Waals surface area contributed by atoms with Gasteiger partial charge < -0.3 is 14.9 Å². The Hall–Kier alpha value is -1.59. The summed E-state index contributed by atoms with van der Waals surface area (Å²) in [6, 6.07) is 6.50. The minimum absolute atomic E-state index is 0.244. The van der Waals surface area contributed by atoms with Gasteiger partial charge in [0.15, 0.2) is 6.10 Å². The summed E-state index contributed by atoms with van der Waals surface area (Å²) in [6.07, 6.45) is 0.129. The molecule has 2 atom stereocenters. The first-order valence-corrected chi connectivity index (χ1v) is 7.57. The van der Waals surface area contributed by atoms with E-state index < -0.39 is 6.10 Å². The predicted octanol–water partition coefficient (Wildman–Crippen LogP) is 1.23. The summed E-state index contributed by atoms with van der Waals surface area (Å²) in [5.41, 5.74) is 2.68. The third kappa shape index (κ3) is 2.30. The summed E-state index contributed by atoms with van der Waals surface area (Å²) in [7, 11) is 3.90. The van der Waals surface area contributed by atoms with E-state index in [2.05, 4.69) is 23.8 Å². The SMILES string of the molecule is CCC1CN(c2ccc3c(c2)N(C)C(=O)C3O)CCN1C. The zero-order valence-electron chi connectivity index (χ0n) is 12.9. The summed E-state index contributed by atoms with van der Waals surface area (Å²) < 4.78 is 0. The molecular weight excluding hydrogens is 266 g/mol. The third-order valence-electron chi connectivity index (χ3n) is 4.85. The number of fused-ring (bicyclic) bond motifs is 1. The number of nitrogens with zero attached hydrogens (tertiary/aromatic N) is 3. The number of carbonyl (C=O) groups excluding carboxylic acids is 1. The first-order valence-electron chi connectivity index (χ1n) is 7.57. The van der Waals surface area contributed by atoms with Gasteiger partial charge >= 0.3 is 0 Å². The van der Waals surface area contributed by atoms with Gasteiger partial charge in [-0.1, -0.05) is 13.0 Å². The number of benzene rings is 1. The second kappa shape index (κ2) is 5.31. The molecule has 3 rings (SSSR count). The van der Waals surface area contributed by atoms with Crippen molar-refractivity contribution in [1.82, 2.24) is 4.90 Å². The van der Waals surface area contributed by atoms with E-state index in [-0.39, 0.29) is 5.91 Å². The summed E-state index contributed by atoms with van der Waals surface area (Å²) in [6.45, 7) is 5.27. The standard InChI is InChI=1S/C16H23N3O2/c1-4-11-10-19(8-7-17(11)2)12-5-6-13-14(9-12)18(3)16(21)15(13)20/h5-6,9,11,15,20H,4,7-8,10H2,1-3H3. The van der Waals surface area contributed by atoms with Crippen molar-refractivity contribution in [3.8, 4) is 0 Å². The fourth-order valence-corrected chi connectivity index (χ4v) is 3.31.